The number of carbonyl (C=O) groups excluding carboxylic acids is 2. The van der Waals surface area contributed by atoms with E-state index in [0.717, 1.165) is 44.9 Å². The zero-order valence-electron chi connectivity index (χ0n) is 28.3. The molecule has 0 heterocycles. The zero-order valence-corrected chi connectivity index (χ0v) is 28.3. The molecule has 43 heavy (non-hydrogen) atoms. The van der Waals surface area contributed by atoms with Gasteiger partial charge in [0.15, 0.2) is 0 Å². The summed E-state index contributed by atoms with van der Waals surface area (Å²) >= 11 is 0. The number of carboxylic acid groups (broad SMARTS) is 1. The summed E-state index contributed by atoms with van der Waals surface area (Å²) in [6, 6.07) is -0.867. The smallest absolute Gasteiger partial charge is 0.326 e. The number of ether oxygens (including phenoxy) is 1. The van der Waals surface area contributed by atoms with Crippen molar-refractivity contribution < 1.29 is 24.2 Å². The fraction of sp³-hybridized carbons (Fsp3) is 0.917. The van der Waals surface area contributed by atoms with Crippen LogP contribution < -0.4 is 11.1 Å². The lowest BCUT2D eigenvalue weighted by atomic mass is 10.0. The lowest BCUT2D eigenvalue weighted by Crippen LogP contribution is -2.40. The molecule has 0 aromatic carbocycles. The standard InChI is InChI=1S/C36H70N2O5/c1-3-5-6-7-8-9-10-11-12-13-14-15-16-17-18-19-20-24-30-35(40)43-32(26-4-2)27-22-21-23-29-34(39)38-33(36(41)42)28-25-31-37/h32-33H,3-31,37H2,1-2H3,(H,38,39)(H,41,42). The van der Waals surface area contributed by atoms with Gasteiger partial charge in [0.05, 0.1) is 0 Å². The van der Waals surface area contributed by atoms with Crippen LogP contribution in [0.3, 0.4) is 0 Å². The van der Waals surface area contributed by atoms with Gasteiger partial charge in [-0.3, -0.25) is 9.59 Å². The second-order valence-electron chi connectivity index (χ2n) is 12.6. The van der Waals surface area contributed by atoms with Crippen LogP contribution >= 0.6 is 0 Å². The third-order valence-electron chi connectivity index (χ3n) is 8.40. The lowest BCUT2D eigenvalue weighted by Gasteiger charge is -2.17. The van der Waals surface area contributed by atoms with Crippen LogP contribution in [0.2, 0.25) is 0 Å². The Labute approximate surface area is 265 Å². The van der Waals surface area contributed by atoms with Gasteiger partial charge in [-0.15, -0.1) is 0 Å². The van der Waals surface area contributed by atoms with Gasteiger partial charge in [-0.1, -0.05) is 136 Å². The first kappa shape index (κ1) is 41.4. The molecule has 4 N–H and O–H groups in total. The Hall–Kier alpha value is -1.63. The molecule has 7 nitrogen and oxygen atoms in total. The van der Waals surface area contributed by atoms with Gasteiger partial charge in [0.2, 0.25) is 5.91 Å². The van der Waals surface area contributed by atoms with E-state index in [1.165, 1.54) is 103 Å². The molecule has 0 bridgehead atoms. The Morgan fingerprint density at radius 3 is 1.51 bits per heavy atom. The number of nitrogens with one attached hydrogen (secondary N) is 1. The second kappa shape index (κ2) is 31.8. The summed E-state index contributed by atoms with van der Waals surface area (Å²) in [5.41, 5.74) is 5.44. The monoisotopic (exact) mass is 611 g/mol. The highest BCUT2D eigenvalue weighted by atomic mass is 16.5. The number of hydrogen-bond acceptors (Lipinski definition) is 5. The maximum absolute atomic E-state index is 12.4. The minimum Gasteiger partial charge on any atom is -0.480 e. The van der Waals surface area contributed by atoms with Crippen molar-refractivity contribution in [1.82, 2.24) is 5.32 Å². The first-order chi connectivity index (χ1) is 20.9. The summed E-state index contributed by atoms with van der Waals surface area (Å²) in [6.45, 7) is 4.79. The number of carboxylic acids is 1. The molecule has 2 unspecified atom stereocenters. The summed E-state index contributed by atoms with van der Waals surface area (Å²) < 4.78 is 5.77. The Balaban J connectivity index is 3.70. The van der Waals surface area contributed by atoms with Crippen molar-refractivity contribution in [3.63, 3.8) is 0 Å². The number of nitrogens with two attached hydrogens (primary N) is 1. The van der Waals surface area contributed by atoms with Crippen molar-refractivity contribution in [2.75, 3.05) is 6.54 Å². The Bertz CT molecular complexity index is 658. The summed E-state index contributed by atoms with van der Waals surface area (Å²) in [7, 11) is 0. The van der Waals surface area contributed by atoms with Crippen LogP contribution in [-0.2, 0) is 19.1 Å². The molecule has 0 radical (unpaired) electrons. The van der Waals surface area contributed by atoms with Gasteiger partial charge in [-0.2, -0.15) is 0 Å². The van der Waals surface area contributed by atoms with Crippen LogP contribution in [0, 0.1) is 0 Å². The van der Waals surface area contributed by atoms with E-state index < -0.39 is 12.0 Å². The molecule has 0 saturated heterocycles. The van der Waals surface area contributed by atoms with Gasteiger partial charge < -0.3 is 20.9 Å². The topological polar surface area (TPSA) is 119 Å². The molecule has 7 heteroatoms. The van der Waals surface area contributed by atoms with E-state index in [0.29, 0.717) is 38.6 Å². The number of unbranched alkanes of at least 4 members (excludes halogenated alkanes) is 19. The molecule has 0 aliphatic carbocycles. The highest BCUT2D eigenvalue weighted by molar-refractivity contribution is 5.83. The first-order valence-electron chi connectivity index (χ1n) is 18.4. The summed E-state index contributed by atoms with van der Waals surface area (Å²) in [6.07, 6.45) is 30.8. The summed E-state index contributed by atoms with van der Waals surface area (Å²) in [5, 5.41) is 11.8. The minimum atomic E-state index is -1.02. The number of carbonyl (C=O) groups is 3. The highest BCUT2D eigenvalue weighted by Gasteiger charge is 2.19. The van der Waals surface area contributed by atoms with Crippen molar-refractivity contribution in [2.24, 2.45) is 5.73 Å². The van der Waals surface area contributed by atoms with Crippen molar-refractivity contribution in [1.29, 1.82) is 0 Å². The van der Waals surface area contributed by atoms with E-state index in [2.05, 4.69) is 19.2 Å². The van der Waals surface area contributed by atoms with Crippen molar-refractivity contribution >= 4 is 17.8 Å². The second-order valence-corrected chi connectivity index (χ2v) is 12.6. The normalized spacial score (nSPS) is 12.6. The fourth-order valence-corrected chi connectivity index (χ4v) is 5.68. The molecule has 0 aliphatic rings. The minimum absolute atomic E-state index is 0.0467. The third kappa shape index (κ3) is 28.9. The molecule has 254 valence electrons. The molecule has 2 atom stereocenters. The van der Waals surface area contributed by atoms with Crippen molar-refractivity contribution in [2.45, 2.75) is 206 Å². The lowest BCUT2D eigenvalue weighted by molar-refractivity contribution is -0.150. The molecular weight excluding hydrogens is 540 g/mol. The van der Waals surface area contributed by atoms with E-state index in [-0.39, 0.29) is 18.0 Å². The van der Waals surface area contributed by atoms with Gasteiger partial charge in [-0.25, -0.2) is 4.79 Å². The van der Waals surface area contributed by atoms with Gasteiger partial charge in [0.25, 0.3) is 0 Å². The maximum atomic E-state index is 12.4. The molecule has 0 fully saturated rings. The van der Waals surface area contributed by atoms with E-state index >= 15 is 0 Å². The Morgan fingerprint density at radius 2 is 1.05 bits per heavy atom. The van der Waals surface area contributed by atoms with Crippen LogP contribution in [0.1, 0.15) is 194 Å². The molecule has 0 rings (SSSR count). The molecule has 0 aromatic rings. The van der Waals surface area contributed by atoms with Gasteiger partial charge in [-0.05, 0) is 51.5 Å². The number of rotatable bonds is 33. The fourth-order valence-electron chi connectivity index (χ4n) is 5.68. The Morgan fingerprint density at radius 1 is 0.581 bits per heavy atom. The highest BCUT2D eigenvalue weighted by Crippen LogP contribution is 2.17. The molecule has 0 spiro atoms. The van der Waals surface area contributed by atoms with Crippen molar-refractivity contribution in [3.05, 3.63) is 0 Å². The van der Waals surface area contributed by atoms with Gasteiger partial charge in [0, 0.05) is 12.8 Å². The molecule has 0 aliphatic heterocycles. The number of hydrogen-bond donors (Lipinski definition) is 3. The molecule has 1 amide bonds. The van der Waals surface area contributed by atoms with Gasteiger partial charge in [0.1, 0.15) is 12.1 Å². The zero-order chi connectivity index (χ0) is 31.8. The third-order valence-corrected chi connectivity index (χ3v) is 8.40. The average Bonchev–Trinajstić information content (AvgIpc) is 2.98. The summed E-state index contributed by atoms with van der Waals surface area (Å²) in [5.74, 6) is -1.33. The van der Waals surface area contributed by atoms with Crippen LogP contribution in [0.5, 0.6) is 0 Å². The predicted molar refractivity (Wildman–Crippen MR) is 179 cm³/mol. The van der Waals surface area contributed by atoms with Crippen molar-refractivity contribution in [3.8, 4) is 0 Å². The summed E-state index contributed by atoms with van der Waals surface area (Å²) in [4.78, 5) is 35.7. The van der Waals surface area contributed by atoms with Crippen LogP contribution in [0.25, 0.3) is 0 Å². The number of esters is 1. The average molecular weight is 611 g/mol. The number of amides is 1. The van der Waals surface area contributed by atoms with Crippen LogP contribution in [-0.4, -0.2) is 41.6 Å². The largest absolute Gasteiger partial charge is 0.480 e. The quantitative estimate of drug-likeness (QED) is 0.0503. The Kier molecular flexibility index (Phi) is 30.6. The van der Waals surface area contributed by atoms with E-state index in [1.807, 2.05) is 0 Å². The van der Waals surface area contributed by atoms with E-state index in [1.54, 1.807) is 0 Å². The predicted octanol–water partition coefficient (Wildman–Crippen LogP) is 9.39. The molecule has 0 saturated carbocycles. The maximum Gasteiger partial charge on any atom is 0.326 e. The van der Waals surface area contributed by atoms with Crippen LogP contribution in [0.15, 0.2) is 0 Å². The first-order valence-corrected chi connectivity index (χ1v) is 18.4. The van der Waals surface area contributed by atoms with Gasteiger partial charge >= 0.3 is 11.9 Å². The number of aliphatic carboxylic acids is 1. The molecular formula is C36H70N2O5. The van der Waals surface area contributed by atoms with E-state index in [9.17, 15) is 19.5 Å². The SMILES string of the molecule is CCCCCCCCCCCCCCCCCCCCC(=O)OC(CCC)CCCCCC(=O)NC(CCCN)C(=O)O. The van der Waals surface area contributed by atoms with E-state index in [4.69, 9.17) is 10.5 Å². The molecule has 0 aromatic heterocycles. The van der Waals surface area contributed by atoms with Crippen LogP contribution in [0.4, 0.5) is 0 Å².